The van der Waals surface area contributed by atoms with E-state index >= 15 is 0 Å². The molecule has 0 aliphatic heterocycles. The number of methoxy groups -OCH3 is 2. The Labute approximate surface area is 155 Å². The number of nitrogens with one attached hydrogen (secondary N) is 1. The van der Waals surface area contributed by atoms with Crippen molar-refractivity contribution in [3.05, 3.63) is 53.3 Å². The molecular weight excluding hydrogens is 361 g/mol. The van der Waals surface area contributed by atoms with Crippen LogP contribution in [0.2, 0.25) is 0 Å². The number of halogens is 3. The first kappa shape index (κ1) is 20.6. The molecule has 2 aromatic rings. The molecule has 0 unspecified atom stereocenters. The third-order valence-electron chi connectivity index (χ3n) is 4.24. The van der Waals surface area contributed by atoms with Crippen molar-refractivity contribution in [1.29, 1.82) is 0 Å². The fourth-order valence-electron chi connectivity index (χ4n) is 2.54. The van der Waals surface area contributed by atoms with Crippen LogP contribution in [0.15, 0.2) is 30.3 Å². The maximum Gasteiger partial charge on any atom is 0.241 e. The summed E-state index contributed by atoms with van der Waals surface area (Å²) in [5.74, 6) is -3.84. The summed E-state index contributed by atoms with van der Waals surface area (Å²) in [6, 6.07) is 6.43. The van der Waals surface area contributed by atoms with Crippen LogP contribution in [0, 0.1) is 17.5 Å². The zero-order valence-corrected chi connectivity index (χ0v) is 15.5. The Balaban J connectivity index is 2.12. The number of nitrogens with zero attached hydrogens (tertiary/aromatic N) is 1. The third kappa shape index (κ3) is 4.51. The topological polar surface area (TPSA) is 50.8 Å². The van der Waals surface area contributed by atoms with Crippen LogP contribution in [0.4, 0.5) is 18.9 Å². The van der Waals surface area contributed by atoms with Gasteiger partial charge in [0.1, 0.15) is 0 Å². The van der Waals surface area contributed by atoms with E-state index in [0.717, 1.165) is 17.7 Å². The monoisotopic (exact) mass is 382 g/mol. The lowest BCUT2D eigenvalue weighted by molar-refractivity contribution is -0.120. The second-order valence-corrected chi connectivity index (χ2v) is 5.96. The number of benzene rings is 2. The molecule has 0 heterocycles. The van der Waals surface area contributed by atoms with E-state index in [-0.39, 0.29) is 0 Å². The van der Waals surface area contributed by atoms with Crippen LogP contribution >= 0.6 is 0 Å². The molecule has 0 spiro atoms. The Morgan fingerprint density at radius 2 is 1.81 bits per heavy atom. The highest BCUT2D eigenvalue weighted by atomic mass is 19.2. The van der Waals surface area contributed by atoms with Crippen LogP contribution in [0.5, 0.6) is 11.5 Å². The largest absolute Gasteiger partial charge is 0.493 e. The number of rotatable bonds is 7. The summed E-state index contributed by atoms with van der Waals surface area (Å²) >= 11 is 0. The van der Waals surface area contributed by atoms with Gasteiger partial charge in [-0.05, 0) is 32.2 Å². The van der Waals surface area contributed by atoms with Crippen molar-refractivity contribution in [2.45, 2.75) is 19.5 Å². The van der Waals surface area contributed by atoms with E-state index in [4.69, 9.17) is 9.47 Å². The van der Waals surface area contributed by atoms with E-state index in [0.29, 0.717) is 18.0 Å². The Morgan fingerprint density at radius 3 is 2.44 bits per heavy atom. The molecule has 1 amide bonds. The number of hydrogen-bond donors (Lipinski definition) is 1. The van der Waals surface area contributed by atoms with Gasteiger partial charge in [0.25, 0.3) is 0 Å². The van der Waals surface area contributed by atoms with Gasteiger partial charge in [-0.25, -0.2) is 13.2 Å². The molecule has 2 rings (SSSR count). The Hall–Kier alpha value is -2.74. The van der Waals surface area contributed by atoms with Gasteiger partial charge in [-0.3, -0.25) is 9.69 Å². The molecular formula is C19H21F3N2O3. The Bertz CT molecular complexity index is 830. The van der Waals surface area contributed by atoms with Crippen molar-refractivity contribution >= 4 is 11.6 Å². The van der Waals surface area contributed by atoms with Gasteiger partial charge in [-0.1, -0.05) is 12.1 Å². The van der Waals surface area contributed by atoms with Gasteiger partial charge < -0.3 is 14.8 Å². The van der Waals surface area contributed by atoms with Gasteiger partial charge in [-0.15, -0.1) is 0 Å². The van der Waals surface area contributed by atoms with Crippen LogP contribution < -0.4 is 14.8 Å². The number of carbonyl (C=O) groups is 1. The average molecular weight is 382 g/mol. The average Bonchev–Trinajstić information content (AvgIpc) is 2.67. The third-order valence-corrected chi connectivity index (χ3v) is 4.24. The van der Waals surface area contributed by atoms with Crippen molar-refractivity contribution in [2.24, 2.45) is 0 Å². The molecule has 8 heteroatoms. The van der Waals surface area contributed by atoms with Gasteiger partial charge in [0, 0.05) is 12.1 Å². The van der Waals surface area contributed by atoms with Gasteiger partial charge in [-0.2, -0.15) is 0 Å². The summed E-state index contributed by atoms with van der Waals surface area (Å²) in [6.07, 6.45) is 0. The number of amides is 1. The first-order valence-electron chi connectivity index (χ1n) is 8.14. The summed E-state index contributed by atoms with van der Waals surface area (Å²) < 4.78 is 50.7. The van der Waals surface area contributed by atoms with Crippen LogP contribution in [-0.2, 0) is 11.3 Å². The predicted molar refractivity (Wildman–Crippen MR) is 95.4 cm³/mol. The van der Waals surface area contributed by atoms with E-state index in [1.807, 2.05) is 6.07 Å². The van der Waals surface area contributed by atoms with Gasteiger partial charge in [0.15, 0.2) is 29.0 Å². The molecule has 0 bridgehead atoms. The molecule has 0 saturated heterocycles. The number of likely N-dealkylation sites (N-methyl/N-ethyl adjacent to an activating group) is 1. The molecule has 0 radical (unpaired) electrons. The number of carbonyl (C=O) groups excluding carboxylic acids is 1. The van der Waals surface area contributed by atoms with Gasteiger partial charge >= 0.3 is 0 Å². The fourth-order valence-corrected chi connectivity index (χ4v) is 2.54. The molecule has 2 aromatic carbocycles. The van der Waals surface area contributed by atoms with Gasteiger partial charge in [0.2, 0.25) is 5.91 Å². The maximum absolute atomic E-state index is 13.7. The van der Waals surface area contributed by atoms with E-state index < -0.39 is 35.1 Å². The number of anilines is 1. The highest BCUT2D eigenvalue weighted by molar-refractivity contribution is 5.94. The second-order valence-electron chi connectivity index (χ2n) is 5.96. The normalized spacial score (nSPS) is 12.0. The van der Waals surface area contributed by atoms with Crippen LogP contribution in [0.1, 0.15) is 12.5 Å². The van der Waals surface area contributed by atoms with Gasteiger partial charge in [0.05, 0.1) is 25.9 Å². The predicted octanol–water partition coefficient (Wildman–Crippen LogP) is 3.58. The zero-order chi connectivity index (χ0) is 20.1. The highest BCUT2D eigenvalue weighted by Gasteiger charge is 2.22. The molecule has 27 heavy (non-hydrogen) atoms. The summed E-state index contributed by atoms with van der Waals surface area (Å²) in [5, 5.41) is 2.28. The van der Waals surface area contributed by atoms with Crippen molar-refractivity contribution < 1.29 is 27.4 Å². The SMILES string of the molecule is COc1cccc(CN(C)[C@@H](C)C(=O)Nc2ccc(F)c(F)c2F)c1OC. The van der Waals surface area contributed by atoms with E-state index in [1.54, 1.807) is 31.0 Å². The summed E-state index contributed by atoms with van der Waals surface area (Å²) in [5.41, 5.74) is 0.371. The lowest BCUT2D eigenvalue weighted by Crippen LogP contribution is -2.39. The number of ether oxygens (including phenoxy) is 2. The number of para-hydroxylation sites is 1. The van der Waals surface area contributed by atoms with E-state index in [1.165, 1.54) is 14.2 Å². The van der Waals surface area contributed by atoms with Crippen LogP contribution in [0.3, 0.4) is 0 Å². The molecule has 0 aliphatic carbocycles. The summed E-state index contributed by atoms with van der Waals surface area (Å²) in [6.45, 7) is 1.95. The standard InChI is InChI=1S/C19H21F3N2O3/c1-11(19(25)23-14-9-8-13(20)16(21)17(14)22)24(2)10-12-6-5-7-15(26-3)18(12)27-4/h5-9,11H,10H2,1-4H3,(H,23,25)/t11-/m0/s1. The molecule has 0 aromatic heterocycles. The lowest BCUT2D eigenvalue weighted by Gasteiger charge is -2.25. The maximum atomic E-state index is 13.7. The Kier molecular flexibility index (Phi) is 6.68. The molecule has 0 fully saturated rings. The van der Waals surface area contributed by atoms with Crippen LogP contribution in [0.25, 0.3) is 0 Å². The smallest absolute Gasteiger partial charge is 0.241 e. The molecule has 1 atom stereocenters. The Morgan fingerprint density at radius 1 is 1.11 bits per heavy atom. The van der Waals surface area contributed by atoms with Crippen molar-refractivity contribution in [1.82, 2.24) is 4.90 Å². The highest BCUT2D eigenvalue weighted by Crippen LogP contribution is 2.31. The lowest BCUT2D eigenvalue weighted by atomic mass is 10.1. The van der Waals surface area contributed by atoms with E-state index in [9.17, 15) is 18.0 Å². The summed E-state index contributed by atoms with van der Waals surface area (Å²) in [4.78, 5) is 14.1. The molecule has 0 aliphatic rings. The first-order chi connectivity index (χ1) is 12.8. The number of hydrogen-bond acceptors (Lipinski definition) is 4. The van der Waals surface area contributed by atoms with E-state index in [2.05, 4.69) is 5.32 Å². The van der Waals surface area contributed by atoms with Crippen LogP contribution in [-0.4, -0.2) is 38.1 Å². The second kappa shape index (κ2) is 8.77. The molecule has 5 nitrogen and oxygen atoms in total. The molecule has 0 saturated carbocycles. The minimum Gasteiger partial charge on any atom is -0.493 e. The first-order valence-corrected chi connectivity index (χ1v) is 8.14. The summed E-state index contributed by atoms with van der Waals surface area (Å²) in [7, 11) is 4.74. The molecule has 1 N–H and O–H groups in total. The van der Waals surface area contributed by atoms with Crippen molar-refractivity contribution in [3.63, 3.8) is 0 Å². The van der Waals surface area contributed by atoms with Crippen molar-refractivity contribution in [2.75, 3.05) is 26.6 Å². The minimum absolute atomic E-state index is 0.342. The van der Waals surface area contributed by atoms with Crippen molar-refractivity contribution in [3.8, 4) is 11.5 Å². The molecule has 146 valence electrons. The zero-order valence-electron chi connectivity index (χ0n) is 15.5. The fraction of sp³-hybridized carbons (Fsp3) is 0.316. The quantitative estimate of drug-likeness (QED) is 0.744. The minimum atomic E-state index is -1.63.